The normalized spacial score (nSPS) is 45.6. The Morgan fingerprint density at radius 3 is 2.26 bits per heavy atom. The molecule has 4 bridgehead atoms. The molecule has 0 heterocycles. The Kier molecular flexibility index (Phi) is 3.71. The van der Waals surface area contributed by atoms with Crippen LogP contribution in [0.15, 0.2) is 0 Å². The van der Waals surface area contributed by atoms with Gasteiger partial charge in [-0.05, 0) is 80.6 Å². The molecule has 4 rings (SSSR count). The smallest absolute Gasteiger partial charge is 0.0124 e. The van der Waals surface area contributed by atoms with E-state index in [0.717, 1.165) is 17.9 Å². The molecule has 4 aliphatic carbocycles. The van der Waals surface area contributed by atoms with Crippen LogP contribution in [0, 0.1) is 22.7 Å². The molecule has 4 fully saturated rings. The molecule has 3 atom stereocenters. The minimum absolute atomic E-state index is 0.671. The van der Waals surface area contributed by atoms with Gasteiger partial charge in [0, 0.05) is 6.04 Å². The molecular formula is C18H33N. The maximum absolute atomic E-state index is 3.94. The van der Waals surface area contributed by atoms with E-state index in [2.05, 4.69) is 26.1 Å². The first-order chi connectivity index (χ1) is 9.09. The van der Waals surface area contributed by atoms with Gasteiger partial charge in [-0.2, -0.15) is 0 Å². The molecule has 19 heavy (non-hydrogen) atoms. The first-order valence-electron chi connectivity index (χ1n) is 8.82. The molecule has 0 aromatic heterocycles. The molecule has 1 heteroatoms. The summed E-state index contributed by atoms with van der Waals surface area (Å²) in [6.07, 6.45) is 13.3. The van der Waals surface area contributed by atoms with Crippen molar-refractivity contribution in [1.29, 1.82) is 0 Å². The number of hydrogen-bond donors (Lipinski definition) is 1. The minimum Gasteiger partial charge on any atom is -0.313 e. The van der Waals surface area contributed by atoms with Gasteiger partial charge in [-0.3, -0.25) is 0 Å². The fourth-order valence-corrected chi connectivity index (χ4v) is 6.44. The summed E-state index contributed by atoms with van der Waals surface area (Å²) < 4.78 is 0. The molecule has 0 aromatic rings. The van der Waals surface area contributed by atoms with Gasteiger partial charge in [0.15, 0.2) is 0 Å². The highest BCUT2D eigenvalue weighted by Gasteiger charge is 2.57. The third-order valence-corrected chi connectivity index (χ3v) is 6.36. The SMILES string of the molecule is CCCNC(CCC)C12CC3CC(CC(C)(C3)C1)C2. The molecule has 4 saturated carbocycles. The standard InChI is InChI=1S/C18H33N/c1-4-6-16(19-7-5-2)18-11-14-8-15(12-18)10-17(3,9-14)13-18/h14-16,19H,4-13H2,1-3H3. The Morgan fingerprint density at radius 2 is 1.74 bits per heavy atom. The summed E-state index contributed by atoms with van der Waals surface area (Å²) in [5.74, 6) is 2.13. The second-order valence-corrected chi connectivity index (χ2v) is 8.43. The lowest BCUT2D eigenvalue weighted by atomic mass is 9.43. The monoisotopic (exact) mass is 263 g/mol. The van der Waals surface area contributed by atoms with E-state index in [1.807, 2.05) is 0 Å². The Hall–Kier alpha value is -0.0400. The lowest BCUT2D eigenvalue weighted by Gasteiger charge is -2.63. The molecule has 3 unspecified atom stereocenters. The Morgan fingerprint density at radius 1 is 1.05 bits per heavy atom. The lowest BCUT2D eigenvalue weighted by molar-refractivity contribution is -0.119. The molecule has 0 radical (unpaired) electrons. The summed E-state index contributed by atoms with van der Waals surface area (Å²) in [7, 11) is 0. The Balaban J connectivity index is 1.80. The zero-order valence-electron chi connectivity index (χ0n) is 13.3. The molecule has 110 valence electrons. The van der Waals surface area contributed by atoms with Crippen LogP contribution >= 0.6 is 0 Å². The molecule has 0 aliphatic heterocycles. The van der Waals surface area contributed by atoms with Crippen molar-refractivity contribution in [3.05, 3.63) is 0 Å². The molecule has 1 N–H and O–H groups in total. The van der Waals surface area contributed by atoms with E-state index in [9.17, 15) is 0 Å². The van der Waals surface area contributed by atoms with Crippen LogP contribution in [-0.2, 0) is 0 Å². The fraction of sp³-hybridized carbons (Fsp3) is 1.00. The number of nitrogens with one attached hydrogen (secondary N) is 1. The predicted molar refractivity (Wildman–Crippen MR) is 82.2 cm³/mol. The zero-order valence-corrected chi connectivity index (χ0v) is 13.3. The van der Waals surface area contributed by atoms with E-state index >= 15 is 0 Å². The van der Waals surface area contributed by atoms with Crippen molar-refractivity contribution in [2.75, 3.05) is 6.54 Å². The largest absolute Gasteiger partial charge is 0.313 e. The van der Waals surface area contributed by atoms with Crippen LogP contribution < -0.4 is 5.32 Å². The van der Waals surface area contributed by atoms with Crippen molar-refractivity contribution in [2.24, 2.45) is 22.7 Å². The van der Waals surface area contributed by atoms with Gasteiger partial charge in [-0.1, -0.05) is 27.2 Å². The Labute approximate surface area is 119 Å². The lowest BCUT2D eigenvalue weighted by Crippen LogP contribution is -2.58. The maximum Gasteiger partial charge on any atom is 0.0124 e. The van der Waals surface area contributed by atoms with Crippen molar-refractivity contribution >= 4 is 0 Å². The highest BCUT2D eigenvalue weighted by molar-refractivity contribution is 5.09. The average Bonchev–Trinajstić information content (AvgIpc) is 2.31. The summed E-state index contributed by atoms with van der Waals surface area (Å²) >= 11 is 0. The van der Waals surface area contributed by atoms with Crippen molar-refractivity contribution < 1.29 is 0 Å². The van der Waals surface area contributed by atoms with Gasteiger partial charge in [0.2, 0.25) is 0 Å². The van der Waals surface area contributed by atoms with Crippen LogP contribution in [0.4, 0.5) is 0 Å². The van der Waals surface area contributed by atoms with E-state index in [-0.39, 0.29) is 0 Å². The van der Waals surface area contributed by atoms with E-state index < -0.39 is 0 Å². The number of hydrogen-bond acceptors (Lipinski definition) is 1. The van der Waals surface area contributed by atoms with Crippen LogP contribution in [0.25, 0.3) is 0 Å². The quantitative estimate of drug-likeness (QED) is 0.728. The van der Waals surface area contributed by atoms with Crippen LogP contribution in [0.5, 0.6) is 0 Å². The summed E-state index contributed by atoms with van der Waals surface area (Å²) in [5, 5.41) is 3.94. The van der Waals surface area contributed by atoms with Gasteiger partial charge < -0.3 is 5.32 Å². The molecule has 0 spiro atoms. The number of rotatable bonds is 6. The molecular weight excluding hydrogens is 230 g/mol. The van der Waals surface area contributed by atoms with E-state index in [0.29, 0.717) is 10.8 Å². The van der Waals surface area contributed by atoms with Crippen molar-refractivity contribution in [3.8, 4) is 0 Å². The van der Waals surface area contributed by atoms with Crippen LogP contribution in [-0.4, -0.2) is 12.6 Å². The van der Waals surface area contributed by atoms with Gasteiger partial charge in [-0.15, -0.1) is 0 Å². The van der Waals surface area contributed by atoms with Crippen LogP contribution in [0.1, 0.15) is 78.6 Å². The zero-order chi connectivity index (χ0) is 13.5. The third-order valence-electron chi connectivity index (χ3n) is 6.36. The second kappa shape index (κ2) is 5.06. The first-order valence-corrected chi connectivity index (χ1v) is 8.82. The topological polar surface area (TPSA) is 12.0 Å². The summed E-state index contributed by atoms with van der Waals surface area (Å²) in [5.41, 5.74) is 1.37. The van der Waals surface area contributed by atoms with E-state index in [4.69, 9.17) is 0 Å². The first kappa shape index (κ1) is 13.9. The van der Waals surface area contributed by atoms with Gasteiger partial charge in [0.05, 0.1) is 0 Å². The van der Waals surface area contributed by atoms with Crippen molar-refractivity contribution in [2.45, 2.75) is 84.6 Å². The van der Waals surface area contributed by atoms with Gasteiger partial charge >= 0.3 is 0 Å². The summed E-state index contributed by atoms with van der Waals surface area (Å²) in [6, 6.07) is 0.808. The molecule has 0 saturated heterocycles. The van der Waals surface area contributed by atoms with Gasteiger partial charge in [0.25, 0.3) is 0 Å². The fourth-order valence-electron chi connectivity index (χ4n) is 6.44. The van der Waals surface area contributed by atoms with Crippen LogP contribution in [0.2, 0.25) is 0 Å². The minimum atomic E-state index is 0.671. The van der Waals surface area contributed by atoms with Crippen molar-refractivity contribution in [3.63, 3.8) is 0 Å². The average molecular weight is 263 g/mol. The van der Waals surface area contributed by atoms with Crippen molar-refractivity contribution in [1.82, 2.24) is 5.32 Å². The summed E-state index contributed by atoms with van der Waals surface area (Å²) in [4.78, 5) is 0. The Bertz CT molecular complexity index is 308. The van der Waals surface area contributed by atoms with E-state index in [1.54, 1.807) is 19.3 Å². The van der Waals surface area contributed by atoms with Gasteiger partial charge in [0.1, 0.15) is 0 Å². The van der Waals surface area contributed by atoms with Crippen LogP contribution in [0.3, 0.4) is 0 Å². The third kappa shape index (κ3) is 2.48. The maximum atomic E-state index is 3.94. The van der Waals surface area contributed by atoms with E-state index in [1.165, 1.54) is 45.1 Å². The second-order valence-electron chi connectivity index (χ2n) is 8.43. The highest BCUT2D eigenvalue weighted by Crippen LogP contribution is 2.66. The molecule has 1 nitrogen and oxygen atoms in total. The predicted octanol–water partition coefficient (Wildman–Crippen LogP) is 4.76. The van der Waals surface area contributed by atoms with Gasteiger partial charge in [-0.25, -0.2) is 0 Å². The summed E-state index contributed by atoms with van der Waals surface area (Å²) in [6.45, 7) is 8.49. The highest BCUT2D eigenvalue weighted by atomic mass is 14.9. The molecule has 0 amide bonds. The molecule has 0 aromatic carbocycles. The molecule has 4 aliphatic rings.